The maximum Gasteiger partial charge on any atom is 0.433 e. The third-order valence-corrected chi connectivity index (χ3v) is 3.87. The van der Waals surface area contributed by atoms with Crippen molar-refractivity contribution in [3.8, 4) is 0 Å². The molecule has 0 aliphatic heterocycles. The first kappa shape index (κ1) is 18.3. The van der Waals surface area contributed by atoms with Crippen LogP contribution in [0.3, 0.4) is 0 Å². The minimum Gasteiger partial charge on any atom is -0.321 e. The van der Waals surface area contributed by atoms with Gasteiger partial charge in [0.25, 0.3) is 11.5 Å². The van der Waals surface area contributed by atoms with Gasteiger partial charge in [0.2, 0.25) is 0 Å². The maximum atomic E-state index is 12.5. The number of pyridine rings is 2. The lowest BCUT2D eigenvalue weighted by molar-refractivity contribution is -0.141. The van der Waals surface area contributed by atoms with Gasteiger partial charge in [-0.15, -0.1) is 0 Å². The first-order valence-corrected chi connectivity index (χ1v) is 7.50. The first-order chi connectivity index (χ1) is 12.6. The number of aromatic nitrogens is 4. The molecule has 8 nitrogen and oxygen atoms in total. The van der Waals surface area contributed by atoms with E-state index in [0.29, 0.717) is 6.07 Å². The molecule has 0 unspecified atom stereocenters. The number of fused-ring (bicyclic) bond motifs is 1. The Morgan fingerprint density at radius 3 is 2.37 bits per heavy atom. The number of nitrogens with one attached hydrogen (secondary N) is 1. The molecule has 1 amide bonds. The molecular formula is C16H12F3N5O3. The molecule has 140 valence electrons. The van der Waals surface area contributed by atoms with Gasteiger partial charge in [0.1, 0.15) is 11.3 Å². The van der Waals surface area contributed by atoms with Crippen LogP contribution in [-0.4, -0.2) is 25.0 Å². The summed E-state index contributed by atoms with van der Waals surface area (Å²) in [6.07, 6.45) is -2.57. The van der Waals surface area contributed by atoms with Gasteiger partial charge < -0.3 is 5.32 Å². The van der Waals surface area contributed by atoms with E-state index in [9.17, 15) is 27.6 Å². The zero-order valence-corrected chi connectivity index (χ0v) is 14.0. The number of halogens is 3. The van der Waals surface area contributed by atoms with Crippen LogP contribution in [0.1, 0.15) is 16.1 Å². The second-order valence-corrected chi connectivity index (χ2v) is 5.68. The van der Waals surface area contributed by atoms with Crippen molar-refractivity contribution in [2.45, 2.75) is 6.18 Å². The molecule has 0 fully saturated rings. The normalized spacial score (nSPS) is 11.6. The molecule has 0 saturated carbocycles. The topological polar surface area (TPSA) is 98.9 Å². The molecule has 3 rings (SSSR count). The van der Waals surface area contributed by atoms with Gasteiger partial charge in [0.15, 0.2) is 0 Å². The minimum atomic E-state index is -4.60. The van der Waals surface area contributed by atoms with Gasteiger partial charge in [-0.1, -0.05) is 0 Å². The number of hydrogen-bond acceptors (Lipinski definition) is 5. The Morgan fingerprint density at radius 2 is 1.78 bits per heavy atom. The van der Waals surface area contributed by atoms with Crippen molar-refractivity contribution >= 4 is 22.6 Å². The summed E-state index contributed by atoms with van der Waals surface area (Å²) < 4.78 is 39.6. The number of rotatable bonds is 2. The van der Waals surface area contributed by atoms with Crippen molar-refractivity contribution in [2.24, 2.45) is 14.1 Å². The molecule has 3 heterocycles. The van der Waals surface area contributed by atoms with Crippen molar-refractivity contribution in [3.63, 3.8) is 0 Å². The summed E-state index contributed by atoms with van der Waals surface area (Å²) in [5.74, 6) is -0.723. The fraction of sp³-hybridized carbons (Fsp3) is 0.188. The van der Waals surface area contributed by atoms with Crippen LogP contribution in [0.4, 0.5) is 18.9 Å². The number of anilines is 1. The lowest BCUT2D eigenvalue weighted by atomic mass is 10.2. The molecule has 0 spiro atoms. The smallest absolute Gasteiger partial charge is 0.321 e. The molecule has 1 N–H and O–H groups in total. The van der Waals surface area contributed by atoms with Crippen LogP contribution in [0.2, 0.25) is 0 Å². The van der Waals surface area contributed by atoms with Gasteiger partial charge in [-0.25, -0.2) is 9.78 Å². The Labute approximate surface area is 148 Å². The average molecular weight is 379 g/mol. The predicted octanol–water partition coefficient (Wildman–Crippen LogP) is 1.30. The molecule has 27 heavy (non-hydrogen) atoms. The maximum absolute atomic E-state index is 12.5. The van der Waals surface area contributed by atoms with Crippen LogP contribution in [0, 0.1) is 0 Å². The van der Waals surface area contributed by atoms with E-state index in [0.717, 1.165) is 16.8 Å². The van der Waals surface area contributed by atoms with Crippen molar-refractivity contribution < 1.29 is 18.0 Å². The highest BCUT2D eigenvalue weighted by molar-refractivity contribution is 6.04. The van der Waals surface area contributed by atoms with E-state index in [1.165, 1.54) is 30.9 Å². The molecule has 0 atom stereocenters. The van der Waals surface area contributed by atoms with Gasteiger partial charge in [-0.05, 0) is 18.2 Å². The first-order valence-electron chi connectivity index (χ1n) is 7.50. The largest absolute Gasteiger partial charge is 0.433 e. The van der Waals surface area contributed by atoms with E-state index in [4.69, 9.17) is 0 Å². The van der Waals surface area contributed by atoms with Gasteiger partial charge >= 0.3 is 11.9 Å². The number of carbonyl (C=O) groups excluding carboxylic acids is 1. The molecule has 0 saturated heterocycles. The van der Waals surface area contributed by atoms with Crippen LogP contribution < -0.4 is 16.6 Å². The highest BCUT2D eigenvalue weighted by Gasteiger charge is 2.32. The summed E-state index contributed by atoms with van der Waals surface area (Å²) >= 11 is 0. The lowest BCUT2D eigenvalue weighted by Crippen LogP contribution is -2.37. The van der Waals surface area contributed by atoms with E-state index < -0.39 is 29.0 Å². The third-order valence-electron chi connectivity index (χ3n) is 3.87. The van der Waals surface area contributed by atoms with E-state index in [-0.39, 0.29) is 22.3 Å². The van der Waals surface area contributed by atoms with Crippen LogP contribution in [0.15, 0.2) is 40.2 Å². The van der Waals surface area contributed by atoms with E-state index >= 15 is 0 Å². The zero-order valence-electron chi connectivity index (χ0n) is 14.0. The molecule has 0 radical (unpaired) electrons. The van der Waals surface area contributed by atoms with Crippen LogP contribution in [-0.2, 0) is 20.3 Å². The standard InChI is InChI=1S/C16H12F3N5O3/c1-23-12-10(14(26)24(2)15(23)27)5-9(7-21-12)22-13(25)8-3-4-11(20-6-8)16(17,18)19/h3-7H,1-2H3,(H,22,25). The average Bonchev–Trinajstić information content (AvgIpc) is 2.64. The van der Waals surface area contributed by atoms with Gasteiger partial charge in [-0.3, -0.25) is 23.7 Å². The molecule has 0 bridgehead atoms. The SMILES string of the molecule is Cn1c(=O)c2cc(NC(=O)c3ccc(C(F)(F)F)nc3)cnc2n(C)c1=O. The molecule has 0 aliphatic rings. The van der Waals surface area contributed by atoms with Crippen molar-refractivity contribution in [3.05, 3.63) is 62.7 Å². The van der Waals surface area contributed by atoms with Crippen molar-refractivity contribution in [1.29, 1.82) is 0 Å². The molecule has 3 aromatic heterocycles. The van der Waals surface area contributed by atoms with Gasteiger partial charge in [0.05, 0.1) is 22.8 Å². The Hall–Kier alpha value is -3.50. The van der Waals surface area contributed by atoms with E-state index in [1.54, 1.807) is 0 Å². The number of carbonyl (C=O) groups is 1. The Kier molecular flexibility index (Phi) is 4.30. The van der Waals surface area contributed by atoms with Crippen molar-refractivity contribution in [1.82, 2.24) is 19.1 Å². The summed E-state index contributed by atoms with van der Waals surface area (Å²) in [4.78, 5) is 43.5. The third kappa shape index (κ3) is 3.30. The summed E-state index contributed by atoms with van der Waals surface area (Å²) in [7, 11) is 2.76. The van der Waals surface area contributed by atoms with Crippen LogP contribution >= 0.6 is 0 Å². The highest BCUT2D eigenvalue weighted by atomic mass is 19.4. The Morgan fingerprint density at radius 1 is 1.07 bits per heavy atom. The summed E-state index contributed by atoms with van der Waals surface area (Å²) in [5, 5.41) is 2.53. The molecular weight excluding hydrogens is 367 g/mol. The fourth-order valence-electron chi connectivity index (χ4n) is 2.43. The number of alkyl halides is 3. The number of amides is 1. The lowest BCUT2D eigenvalue weighted by Gasteiger charge is -2.10. The number of aryl methyl sites for hydroxylation is 1. The predicted molar refractivity (Wildman–Crippen MR) is 89.4 cm³/mol. The van der Waals surface area contributed by atoms with Crippen LogP contribution in [0.25, 0.3) is 11.0 Å². The summed E-state index contributed by atoms with van der Waals surface area (Å²) in [5.41, 5.74) is -2.08. The van der Waals surface area contributed by atoms with E-state index in [1.807, 2.05) is 0 Å². The Balaban J connectivity index is 1.94. The second kappa shape index (κ2) is 6.34. The molecule has 3 aromatic rings. The quantitative estimate of drug-likeness (QED) is 0.724. The second-order valence-electron chi connectivity index (χ2n) is 5.68. The van der Waals surface area contributed by atoms with Gasteiger partial charge in [-0.2, -0.15) is 13.2 Å². The number of hydrogen-bond donors (Lipinski definition) is 1. The van der Waals surface area contributed by atoms with Gasteiger partial charge in [0, 0.05) is 20.3 Å². The fourth-order valence-corrected chi connectivity index (χ4v) is 2.43. The highest BCUT2D eigenvalue weighted by Crippen LogP contribution is 2.27. The number of nitrogens with zero attached hydrogens (tertiary/aromatic N) is 4. The molecule has 11 heteroatoms. The monoisotopic (exact) mass is 379 g/mol. The molecule has 0 aliphatic carbocycles. The zero-order chi connectivity index (χ0) is 19.9. The summed E-state index contributed by atoms with van der Waals surface area (Å²) in [6, 6.07) is 3.01. The summed E-state index contributed by atoms with van der Waals surface area (Å²) in [6.45, 7) is 0. The molecule has 0 aromatic carbocycles. The Bertz CT molecular complexity index is 1160. The van der Waals surface area contributed by atoms with E-state index in [2.05, 4.69) is 15.3 Å². The van der Waals surface area contributed by atoms with Crippen molar-refractivity contribution in [2.75, 3.05) is 5.32 Å². The van der Waals surface area contributed by atoms with Crippen LogP contribution in [0.5, 0.6) is 0 Å². The minimum absolute atomic E-state index is 0.0999.